The van der Waals surface area contributed by atoms with Crippen LogP contribution in [0.2, 0.25) is 0 Å². The Balaban J connectivity index is 1.82. The van der Waals surface area contributed by atoms with Crippen LogP contribution < -0.4 is 9.64 Å². The maximum absolute atomic E-state index is 13.2. The standard InChI is InChI=1S/C26H25NO5S/c1-16(2)24(28)22-23(19-7-4-5-8-20(19)32-15-31-3)27(26(30)25(22)29)18-12-10-17(11-13-18)21-9-6-14-33-21/h4-14,16,22-23H,15H2,1-3H3. The molecule has 0 spiro atoms. The van der Waals surface area contributed by atoms with Crippen LogP contribution in [0.4, 0.5) is 5.69 Å². The maximum Gasteiger partial charge on any atom is 0.295 e. The van der Waals surface area contributed by atoms with Gasteiger partial charge in [-0.05, 0) is 35.2 Å². The van der Waals surface area contributed by atoms with E-state index in [0.717, 1.165) is 10.4 Å². The second-order valence-corrected chi connectivity index (χ2v) is 9.08. The van der Waals surface area contributed by atoms with Gasteiger partial charge in [0.2, 0.25) is 5.78 Å². The molecule has 170 valence electrons. The normalized spacial score (nSPS) is 18.2. The molecule has 1 aliphatic rings. The quantitative estimate of drug-likeness (QED) is 0.270. The Kier molecular flexibility index (Phi) is 6.72. The summed E-state index contributed by atoms with van der Waals surface area (Å²) >= 11 is 1.62. The van der Waals surface area contributed by atoms with Crippen molar-refractivity contribution in [1.29, 1.82) is 0 Å². The van der Waals surface area contributed by atoms with E-state index in [-0.39, 0.29) is 12.6 Å². The molecule has 3 aromatic rings. The fourth-order valence-corrected chi connectivity index (χ4v) is 4.85. The van der Waals surface area contributed by atoms with E-state index < -0.39 is 29.6 Å². The number of ether oxygens (including phenoxy) is 2. The van der Waals surface area contributed by atoms with Crippen molar-refractivity contribution in [1.82, 2.24) is 0 Å². The Morgan fingerprint density at radius 3 is 2.39 bits per heavy atom. The van der Waals surface area contributed by atoms with E-state index in [0.29, 0.717) is 17.0 Å². The number of thiophene rings is 1. The highest BCUT2D eigenvalue weighted by atomic mass is 32.1. The highest BCUT2D eigenvalue weighted by Crippen LogP contribution is 2.44. The molecule has 2 unspecified atom stereocenters. The lowest BCUT2D eigenvalue weighted by Crippen LogP contribution is -2.32. The number of nitrogens with zero attached hydrogens (tertiary/aromatic N) is 1. The number of carbonyl (C=O) groups excluding carboxylic acids is 3. The first kappa shape index (κ1) is 22.9. The third-order valence-electron chi connectivity index (χ3n) is 5.70. The van der Waals surface area contributed by atoms with Crippen LogP contribution in [-0.2, 0) is 19.1 Å². The molecule has 2 atom stereocenters. The molecule has 1 fully saturated rings. The molecule has 0 aliphatic carbocycles. The SMILES string of the molecule is COCOc1ccccc1C1C(C(=O)C(C)C)C(=O)C(=O)N1c1ccc(-c2cccs2)cc1. The Labute approximate surface area is 196 Å². The zero-order valence-electron chi connectivity index (χ0n) is 18.7. The summed E-state index contributed by atoms with van der Waals surface area (Å²) in [6.07, 6.45) is 0. The van der Waals surface area contributed by atoms with Gasteiger partial charge in [-0.2, -0.15) is 0 Å². The minimum atomic E-state index is -1.11. The molecule has 0 saturated carbocycles. The molecule has 0 bridgehead atoms. The van der Waals surface area contributed by atoms with Crippen molar-refractivity contribution in [3.63, 3.8) is 0 Å². The number of methoxy groups -OCH3 is 1. The first-order valence-electron chi connectivity index (χ1n) is 10.7. The van der Waals surface area contributed by atoms with Crippen LogP contribution in [0.3, 0.4) is 0 Å². The Morgan fingerprint density at radius 1 is 1.03 bits per heavy atom. The smallest absolute Gasteiger partial charge is 0.295 e. The summed E-state index contributed by atoms with van der Waals surface area (Å²) in [4.78, 5) is 42.0. The van der Waals surface area contributed by atoms with Crippen molar-refractivity contribution >= 4 is 34.5 Å². The van der Waals surface area contributed by atoms with E-state index in [1.54, 1.807) is 49.4 Å². The summed E-state index contributed by atoms with van der Waals surface area (Å²) in [5.74, 6) is -2.69. The van der Waals surface area contributed by atoms with Gasteiger partial charge in [0.15, 0.2) is 6.79 Å². The first-order valence-corrected chi connectivity index (χ1v) is 11.6. The van der Waals surface area contributed by atoms with Crippen molar-refractivity contribution < 1.29 is 23.9 Å². The van der Waals surface area contributed by atoms with Crippen LogP contribution >= 0.6 is 11.3 Å². The number of amides is 1. The number of benzene rings is 2. The van der Waals surface area contributed by atoms with Gasteiger partial charge >= 0.3 is 0 Å². The highest BCUT2D eigenvalue weighted by Gasteiger charge is 2.53. The fourth-order valence-electron chi connectivity index (χ4n) is 4.12. The number of carbonyl (C=O) groups is 3. The number of Topliss-reactive ketones (excluding diaryl/α,β-unsaturated/α-hetero) is 2. The maximum atomic E-state index is 13.2. The zero-order valence-corrected chi connectivity index (χ0v) is 19.5. The molecule has 0 radical (unpaired) electrons. The topological polar surface area (TPSA) is 72.9 Å². The summed E-state index contributed by atoms with van der Waals surface area (Å²) in [5, 5.41) is 2.00. The van der Waals surface area contributed by atoms with Gasteiger partial charge in [0.1, 0.15) is 17.5 Å². The van der Waals surface area contributed by atoms with Crippen molar-refractivity contribution in [2.45, 2.75) is 19.9 Å². The predicted octanol–water partition coefficient (Wildman–Crippen LogP) is 4.90. The van der Waals surface area contributed by atoms with Gasteiger partial charge in [-0.3, -0.25) is 19.3 Å². The molecule has 1 aliphatic heterocycles. The predicted molar refractivity (Wildman–Crippen MR) is 127 cm³/mol. The molecule has 2 aromatic carbocycles. The van der Waals surface area contributed by atoms with E-state index in [1.165, 1.54) is 12.0 Å². The number of rotatable bonds is 8. The molecule has 6 nitrogen and oxygen atoms in total. The van der Waals surface area contributed by atoms with Gasteiger partial charge in [-0.15, -0.1) is 11.3 Å². The number of hydrogen-bond acceptors (Lipinski definition) is 6. The zero-order chi connectivity index (χ0) is 23.5. The van der Waals surface area contributed by atoms with Crippen molar-refractivity contribution in [3.05, 3.63) is 71.6 Å². The van der Waals surface area contributed by atoms with Gasteiger partial charge < -0.3 is 9.47 Å². The number of ketones is 2. The van der Waals surface area contributed by atoms with Crippen LogP contribution in [0.5, 0.6) is 5.75 Å². The van der Waals surface area contributed by atoms with Crippen molar-refractivity contribution in [3.8, 4) is 16.2 Å². The van der Waals surface area contributed by atoms with E-state index in [9.17, 15) is 14.4 Å². The average Bonchev–Trinajstić information content (AvgIpc) is 3.45. The van der Waals surface area contributed by atoms with Gasteiger partial charge in [0.05, 0.1) is 6.04 Å². The minimum Gasteiger partial charge on any atom is -0.467 e. The van der Waals surface area contributed by atoms with Crippen LogP contribution in [0.1, 0.15) is 25.5 Å². The van der Waals surface area contributed by atoms with Crippen LogP contribution in [0, 0.1) is 11.8 Å². The van der Waals surface area contributed by atoms with Crippen LogP contribution in [0.25, 0.3) is 10.4 Å². The van der Waals surface area contributed by atoms with E-state index >= 15 is 0 Å². The molecule has 1 saturated heterocycles. The second kappa shape index (κ2) is 9.68. The van der Waals surface area contributed by atoms with E-state index in [2.05, 4.69) is 0 Å². The third-order valence-corrected chi connectivity index (χ3v) is 6.62. The van der Waals surface area contributed by atoms with Crippen LogP contribution in [0.15, 0.2) is 66.0 Å². The second-order valence-electron chi connectivity index (χ2n) is 8.13. The minimum absolute atomic E-state index is 0.00390. The lowest BCUT2D eigenvalue weighted by molar-refractivity contribution is -0.139. The molecular formula is C26H25NO5S. The lowest BCUT2D eigenvalue weighted by atomic mass is 9.84. The molecule has 1 aromatic heterocycles. The summed E-state index contributed by atoms with van der Waals surface area (Å²) in [7, 11) is 1.51. The summed E-state index contributed by atoms with van der Waals surface area (Å²) in [6, 6.07) is 17.8. The molecule has 4 rings (SSSR count). The average molecular weight is 464 g/mol. The largest absolute Gasteiger partial charge is 0.467 e. The van der Waals surface area contributed by atoms with E-state index in [4.69, 9.17) is 9.47 Å². The Hall–Kier alpha value is -3.29. The van der Waals surface area contributed by atoms with E-state index in [1.807, 2.05) is 41.8 Å². The number of para-hydroxylation sites is 1. The van der Waals surface area contributed by atoms with Gasteiger partial charge in [-0.1, -0.05) is 50.2 Å². The third kappa shape index (κ3) is 4.34. The van der Waals surface area contributed by atoms with Crippen molar-refractivity contribution in [2.24, 2.45) is 11.8 Å². The van der Waals surface area contributed by atoms with Crippen molar-refractivity contribution in [2.75, 3.05) is 18.8 Å². The van der Waals surface area contributed by atoms with Gasteiger partial charge in [-0.25, -0.2) is 0 Å². The summed E-state index contributed by atoms with van der Waals surface area (Å²) in [5.41, 5.74) is 2.16. The monoisotopic (exact) mass is 463 g/mol. The Bertz CT molecular complexity index is 1150. The van der Waals surface area contributed by atoms with Crippen LogP contribution in [-0.4, -0.2) is 31.4 Å². The molecule has 33 heavy (non-hydrogen) atoms. The molecule has 1 amide bonds. The molecular weight excluding hydrogens is 438 g/mol. The lowest BCUT2D eigenvalue weighted by Gasteiger charge is -2.29. The highest BCUT2D eigenvalue weighted by molar-refractivity contribution is 7.13. The Morgan fingerprint density at radius 2 is 1.76 bits per heavy atom. The number of anilines is 1. The first-order chi connectivity index (χ1) is 15.9. The molecule has 0 N–H and O–H groups in total. The molecule has 2 heterocycles. The number of hydrogen-bond donors (Lipinski definition) is 0. The summed E-state index contributed by atoms with van der Waals surface area (Å²) < 4.78 is 10.8. The van der Waals surface area contributed by atoms with Gasteiger partial charge in [0.25, 0.3) is 5.91 Å². The van der Waals surface area contributed by atoms with Gasteiger partial charge in [0, 0.05) is 29.2 Å². The fraction of sp³-hybridized carbons (Fsp3) is 0.269. The summed E-state index contributed by atoms with van der Waals surface area (Å²) in [6.45, 7) is 3.48. The molecule has 7 heteroatoms.